The standard InChI is InChI=1S/C17H15ClN4O2/c1-22-16(9-14(21-22)13-7-8-15(18)19-10-13)20-17(23)24-11-12-5-3-2-4-6-12/h2-10H,11H2,1H3,(H,20,23). The molecule has 0 aliphatic heterocycles. The molecule has 2 heterocycles. The van der Waals surface area contributed by atoms with Gasteiger partial charge in [0.15, 0.2) is 0 Å². The van der Waals surface area contributed by atoms with Crippen molar-refractivity contribution in [1.82, 2.24) is 14.8 Å². The molecule has 0 spiro atoms. The zero-order valence-electron chi connectivity index (χ0n) is 12.9. The molecule has 1 aromatic carbocycles. The Labute approximate surface area is 144 Å². The first-order valence-electron chi connectivity index (χ1n) is 7.25. The summed E-state index contributed by atoms with van der Waals surface area (Å²) in [5, 5.41) is 7.43. The third kappa shape index (κ3) is 3.91. The molecule has 0 aliphatic carbocycles. The summed E-state index contributed by atoms with van der Waals surface area (Å²) >= 11 is 5.78. The number of rotatable bonds is 4. The maximum absolute atomic E-state index is 11.9. The Bertz CT molecular complexity index is 832. The van der Waals surface area contributed by atoms with E-state index in [-0.39, 0.29) is 6.61 Å². The second kappa shape index (κ2) is 7.14. The molecule has 0 fully saturated rings. The van der Waals surface area contributed by atoms with E-state index < -0.39 is 6.09 Å². The maximum Gasteiger partial charge on any atom is 0.413 e. The molecule has 3 aromatic rings. The van der Waals surface area contributed by atoms with Gasteiger partial charge in [-0.25, -0.2) is 9.78 Å². The summed E-state index contributed by atoms with van der Waals surface area (Å²) in [6.07, 6.45) is 1.09. The van der Waals surface area contributed by atoms with Gasteiger partial charge in [0.1, 0.15) is 17.6 Å². The van der Waals surface area contributed by atoms with E-state index in [4.69, 9.17) is 16.3 Å². The highest BCUT2D eigenvalue weighted by molar-refractivity contribution is 6.29. The van der Waals surface area contributed by atoms with E-state index in [0.29, 0.717) is 16.7 Å². The lowest BCUT2D eigenvalue weighted by Gasteiger charge is -2.06. The van der Waals surface area contributed by atoms with E-state index in [0.717, 1.165) is 11.1 Å². The van der Waals surface area contributed by atoms with Crippen LogP contribution in [0.2, 0.25) is 5.15 Å². The first kappa shape index (κ1) is 16.0. The van der Waals surface area contributed by atoms with Gasteiger partial charge in [-0.1, -0.05) is 41.9 Å². The topological polar surface area (TPSA) is 69.0 Å². The molecule has 0 saturated carbocycles. The van der Waals surface area contributed by atoms with E-state index >= 15 is 0 Å². The fraction of sp³-hybridized carbons (Fsp3) is 0.118. The molecule has 6 nitrogen and oxygen atoms in total. The predicted octanol–water partition coefficient (Wildman–Crippen LogP) is 3.88. The Morgan fingerprint density at radius 3 is 2.75 bits per heavy atom. The van der Waals surface area contributed by atoms with Crippen LogP contribution in [-0.4, -0.2) is 20.9 Å². The van der Waals surface area contributed by atoms with Crippen LogP contribution in [0.15, 0.2) is 54.7 Å². The Kier molecular flexibility index (Phi) is 4.77. The van der Waals surface area contributed by atoms with Crippen LogP contribution in [-0.2, 0) is 18.4 Å². The van der Waals surface area contributed by atoms with Gasteiger partial charge < -0.3 is 4.74 Å². The molecule has 122 valence electrons. The SMILES string of the molecule is Cn1nc(-c2ccc(Cl)nc2)cc1NC(=O)OCc1ccccc1. The van der Waals surface area contributed by atoms with Crippen LogP contribution in [0, 0.1) is 0 Å². The first-order valence-corrected chi connectivity index (χ1v) is 7.63. The van der Waals surface area contributed by atoms with Crippen LogP contribution in [0.4, 0.5) is 10.6 Å². The molecular weight excluding hydrogens is 328 g/mol. The number of nitrogens with one attached hydrogen (secondary N) is 1. The number of halogens is 1. The number of nitrogens with zero attached hydrogens (tertiary/aromatic N) is 3. The predicted molar refractivity (Wildman–Crippen MR) is 91.7 cm³/mol. The number of carbonyl (C=O) groups is 1. The van der Waals surface area contributed by atoms with Crippen molar-refractivity contribution in [2.75, 3.05) is 5.32 Å². The van der Waals surface area contributed by atoms with Crippen LogP contribution in [0.5, 0.6) is 0 Å². The number of pyridine rings is 1. The second-order valence-electron chi connectivity index (χ2n) is 5.09. The second-order valence-corrected chi connectivity index (χ2v) is 5.48. The van der Waals surface area contributed by atoms with Gasteiger partial charge in [0.05, 0.1) is 5.69 Å². The summed E-state index contributed by atoms with van der Waals surface area (Å²) in [4.78, 5) is 15.9. The summed E-state index contributed by atoms with van der Waals surface area (Å²) in [6, 6.07) is 14.7. The van der Waals surface area contributed by atoms with Gasteiger partial charge in [0, 0.05) is 24.9 Å². The van der Waals surface area contributed by atoms with Crippen molar-refractivity contribution in [3.63, 3.8) is 0 Å². The zero-order valence-corrected chi connectivity index (χ0v) is 13.7. The summed E-state index contributed by atoms with van der Waals surface area (Å²) in [5.41, 5.74) is 2.41. The summed E-state index contributed by atoms with van der Waals surface area (Å²) in [5.74, 6) is 0.526. The molecule has 0 saturated heterocycles. The van der Waals surface area contributed by atoms with E-state index in [1.54, 1.807) is 30.1 Å². The fourth-order valence-corrected chi connectivity index (χ4v) is 2.23. The minimum absolute atomic E-state index is 0.207. The first-order chi connectivity index (χ1) is 11.6. The largest absolute Gasteiger partial charge is 0.444 e. The Morgan fingerprint density at radius 2 is 2.04 bits per heavy atom. The van der Waals surface area contributed by atoms with Crippen molar-refractivity contribution in [3.05, 3.63) is 65.4 Å². The molecule has 0 atom stereocenters. The smallest absolute Gasteiger partial charge is 0.413 e. The van der Waals surface area contributed by atoms with Crippen molar-refractivity contribution in [3.8, 4) is 11.3 Å². The van der Waals surface area contributed by atoms with E-state index in [1.165, 1.54) is 0 Å². The number of amides is 1. The van der Waals surface area contributed by atoms with Gasteiger partial charge in [0.2, 0.25) is 0 Å². The monoisotopic (exact) mass is 342 g/mol. The number of benzene rings is 1. The number of aromatic nitrogens is 3. The number of anilines is 1. The van der Waals surface area contributed by atoms with E-state index in [1.807, 2.05) is 36.4 Å². The summed E-state index contributed by atoms with van der Waals surface area (Å²) in [7, 11) is 1.74. The van der Waals surface area contributed by atoms with Crippen LogP contribution in [0.3, 0.4) is 0 Å². The number of aryl methyl sites for hydroxylation is 1. The molecule has 24 heavy (non-hydrogen) atoms. The van der Waals surface area contributed by atoms with Gasteiger partial charge in [-0.05, 0) is 17.7 Å². The molecule has 1 N–H and O–H groups in total. The van der Waals surface area contributed by atoms with Crippen LogP contribution >= 0.6 is 11.6 Å². The molecule has 0 unspecified atom stereocenters. The van der Waals surface area contributed by atoms with Gasteiger partial charge in [0.25, 0.3) is 0 Å². The lowest BCUT2D eigenvalue weighted by Crippen LogP contribution is -2.15. The Hall–Kier alpha value is -2.86. The third-order valence-electron chi connectivity index (χ3n) is 3.35. The quantitative estimate of drug-likeness (QED) is 0.730. The highest BCUT2D eigenvalue weighted by atomic mass is 35.5. The number of ether oxygens (including phenoxy) is 1. The van der Waals surface area contributed by atoms with Gasteiger partial charge in [-0.15, -0.1) is 0 Å². The average Bonchev–Trinajstić information content (AvgIpc) is 2.95. The zero-order chi connectivity index (χ0) is 16.9. The molecular formula is C17H15ClN4O2. The molecule has 0 aliphatic rings. The van der Waals surface area contributed by atoms with Gasteiger partial charge >= 0.3 is 6.09 Å². The highest BCUT2D eigenvalue weighted by Gasteiger charge is 2.11. The summed E-state index contributed by atoms with van der Waals surface area (Å²) in [6.45, 7) is 0.207. The van der Waals surface area contributed by atoms with Crippen molar-refractivity contribution < 1.29 is 9.53 Å². The van der Waals surface area contributed by atoms with Crippen molar-refractivity contribution in [2.24, 2.45) is 7.05 Å². The minimum Gasteiger partial charge on any atom is -0.444 e. The average molecular weight is 343 g/mol. The molecule has 1 amide bonds. The molecule has 0 bridgehead atoms. The highest BCUT2D eigenvalue weighted by Crippen LogP contribution is 2.21. The van der Waals surface area contributed by atoms with Crippen LogP contribution in [0.1, 0.15) is 5.56 Å². The van der Waals surface area contributed by atoms with Crippen molar-refractivity contribution in [2.45, 2.75) is 6.61 Å². The molecule has 0 radical (unpaired) electrons. The molecule has 2 aromatic heterocycles. The van der Waals surface area contributed by atoms with Crippen LogP contribution < -0.4 is 5.32 Å². The summed E-state index contributed by atoms with van der Waals surface area (Å²) < 4.78 is 6.76. The normalized spacial score (nSPS) is 10.4. The molecule has 3 rings (SSSR count). The molecule has 7 heteroatoms. The maximum atomic E-state index is 11.9. The van der Waals surface area contributed by atoms with Gasteiger partial charge in [-0.2, -0.15) is 5.10 Å². The van der Waals surface area contributed by atoms with Crippen molar-refractivity contribution >= 4 is 23.5 Å². The lowest BCUT2D eigenvalue weighted by molar-refractivity contribution is 0.155. The third-order valence-corrected chi connectivity index (χ3v) is 3.57. The minimum atomic E-state index is -0.539. The number of hydrogen-bond acceptors (Lipinski definition) is 4. The van der Waals surface area contributed by atoms with E-state index in [9.17, 15) is 4.79 Å². The Morgan fingerprint density at radius 1 is 1.25 bits per heavy atom. The van der Waals surface area contributed by atoms with Crippen LogP contribution in [0.25, 0.3) is 11.3 Å². The lowest BCUT2D eigenvalue weighted by atomic mass is 10.2. The fourth-order valence-electron chi connectivity index (χ4n) is 2.12. The van der Waals surface area contributed by atoms with E-state index in [2.05, 4.69) is 15.4 Å². The number of hydrogen-bond donors (Lipinski definition) is 1. The van der Waals surface area contributed by atoms with Gasteiger partial charge in [-0.3, -0.25) is 10.00 Å². The number of carbonyl (C=O) groups excluding carboxylic acids is 1. The Balaban J connectivity index is 1.65. The van der Waals surface area contributed by atoms with Crippen molar-refractivity contribution in [1.29, 1.82) is 0 Å².